The molecule has 0 aliphatic carbocycles. The second-order valence-corrected chi connectivity index (χ2v) is 7.17. The maximum Gasteiger partial charge on any atom is 0.251 e. The molecule has 0 unspecified atom stereocenters. The first-order chi connectivity index (χ1) is 12.0. The normalized spacial score (nSPS) is 20.0. The predicted molar refractivity (Wildman–Crippen MR) is 91.7 cm³/mol. The Kier molecular flexibility index (Phi) is 5.69. The molecule has 0 bridgehead atoms. The number of carbonyl (C=O) groups excluding carboxylic acids is 1. The lowest BCUT2D eigenvalue weighted by Gasteiger charge is -2.30. The first-order valence-electron chi connectivity index (χ1n) is 9.09. The molecule has 2 saturated heterocycles. The van der Waals surface area contributed by atoms with E-state index in [1.54, 1.807) is 0 Å². The fourth-order valence-corrected chi connectivity index (χ4v) is 4.13. The highest BCUT2D eigenvalue weighted by atomic mass is 19.1. The zero-order chi connectivity index (χ0) is 18.0. The molecule has 0 saturated carbocycles. The molecule has 0 atom stereocenters. The molecular formula is C19H26F2N2O2. The van der Waals surface area contributed by atoms with Crippen molar-refractivity contribution in [3.63, 3.8) is 0 Å². The van der Waals surface area contributed by atoms with Crippen molar-refractivity contribution in [1.82, 2.24) is 5.32 Å². The molecule has 1 aromatic rings. The van der Waals surface area contributed by atoms with Gasteiger partial charge in [0.15, 0.2) is 0 Å². The van der Waals surface area contributed by atoms with Crippen molar-refractivity contribution in [2.75, 3.05) is 26.3 Å². The molecule has 3 N–H and O–H groups in total. The highest BCUT2D eigenvalue weighted by molar-refractivity contribution is 5.95. The van der Waals surface area contributed by atoms with Crippen molar-refractivity contribution in [2.24, 2.45) is 11.7 Å². The van der Waals surface area contributed by atoms with Gasteiger partial charge in [0.2, 0.25) is 0 Å². The first kappa shape index (κ1) is 18.3. The van der Waals surface area contributed by atoms with Gasteiger partial charge in [0, 0.05) is 18.8 Å². The molecule has 4 nitrogen and oxygen atoms in total. The summed E-state index contributed by atoms with van der Waals surface area (Å²) in [4.78, 5) is 12.0. The Morgan fingerprint density at radius 2 is 1.80 bits per heavy atom. The molecule has 2 fully saturated rings. The molecule has 0 radical (unpaired) electrons. The van der Waals surface area contributed by atoms with Crippen LogP contribution in [0.25, 0.3) is 0 Å². The van der Waals surface area contributed by atoms with E-state index in [0.717, 1.165) is 38.8 Å². The number of nitrogens with one attached hydrogen (secondary N) is 1. The minimum atomic E-state index is -0.808. The molecule has 138 valence electrons. The molecule has 0 aromatic heterocycles. The quantitative estimate of drug-likeness (QED) is 0.876. The van der Waals surface area contributed by atoms with Crippen LogP contribution in [0, 0.1) is 24.5 Å². The van der Waals surface area contributed by atoms with E-state index >= 15 is 4.39 Å². The molecule has 2 heterocycles. The number of ether oxygens (including phenoxy) is 1. The number of benzene rings is 1. The lowest BCUT2D eigenvalue weighted by Crippen LogP contribution is -2.30. The molecular weight excluding hydrogens is 326 g/mol. The number of hydrogen-bond acceptors (Lipinski definition) is 3. The van der Waals surface area contributed by atoms with Gasteiger partial charge >= 0.3 is 0 Å². The van der Waals surface area contributed by atoms with Gasteiger partial charge in [-0.25, -0.2) is 8.78 Å². The van der Waals surface area contributed by atoms with Crippen molar-refractivity contribution in [1.29, 1.82) is 0 Å². The lowest BCUT2D eigenvalue weighted by atomic mass is 9.79. The Morgan fingerprint density at radius 1 is 1.16 bits per heavy atom. The van der Waals surface area contributed by atoms with E-state index in [9.17, 15) is 9.18 Å². The van der Waals surface area contributed by atoms with Gasteiger partial charge in [0.05, 0.1) is 5.56 Å². The van der Waals surface area contributed by atoms with Crippen LogP contribution in [0.5, 0.6) is 0 Å². The maximum absolute atomic E-state index is 15.1. The largest absolute Gasteiger partial charge is 0.381 e. The van der Waals surface area contributed by atoms with Crippen LogP contribution < -0.4 is 11.1 Å². The van der Waals surface area contributed by atoms with Crippen LogP contribution in [0.1, 0.15) is 58.6 Å². The van der Waals surface area contributed by atoms with Crippen LogP contribution in [0.4, 0.5) is 8.78 Å². The Morgan fingerprint density at radius 3 is 2.40 bits per heavy atom. The summed E-state index contributed by atoms with van der Waals surface area (Å²) in [5.41, 5.74) is 6.30. The van der Waals surface area contributed by atoms with Gasteiger partial charge in [0.1, 0.15) is 11.6 Å². The molecule has 1 aromatic carbocycles. The van der Waals surface area contributed by atoms with E-state index in [1.807, 2.05) is 0 Å². The van der Waals surface area contributed by atoms with E-state index < -0.39 is 17.5 Å². The molecule has 1 amide bonds. The number of amides is 1. The summed E-state index contributed by atoms with van der Waals surface area (Å²) in [5, 5.41) is 3.26. The van der Waals surface area contributed by atoms with E-state index in [-0.39, 0.29) is 23.0 Å². The number of piperidine rings is 1. The number of nitrogens with two attached hydrogens (primary N) is 1. The summed E-state index contributed by atoms with van der Waals surface area (Å²) in [7, 11) is 0. The number of primary amides is 1. The minimum absolute atomic E-state index is 0.00603. The summed E-state index contributed by atoms with van der Waals surface area (Å²) in [6.45, 7) is 4.28. The monoisotopic (exact) mass is 352 g/mol. The number of rotatable bonds is 4. The highest BCUT2D eigenvalue weighted by Gasteiger charge is 2.31. The van der Waals surface area contributed by atoms with Crippen molar-refractivity contribution >= 4 is 5.91 Å². The average Bonchev–Trinajstić information content (AvgIpc) is 2.61. The SMILES string of the molecule is Cc1c(F)c(C(N)=O)c(CC2CCOCC2)c(C2CCNCC2)c1F. The summed E-state index contributed by atoms with van der Waals surface area (Å²) in [6.07, 6.45) is 3.71. The fourth-order valence-electron chi connectivity index (χ4n) is 4.13. The Labute approximate surface area is 147 Å². The molecule has 2 aliphatic rings. The van der Waals surface area contributed by atoms with Gasteiger partial charge in [-0.1, -0.05) is 0 Å². The Hall–Kier alpha value is -1.53. The minimum Gasteiger partial charge on any atom is -0.381 e. The highest BCUT2D eigenvalue weighted by Crippen LogP contribution is 2.37. The van der Waals surface area contributed by atoms with Crippen molar-refractivity contribution < 1.29 is 18.3 Å². The maximum atomic E-state index is 15.1. The standard InChI is InChI=1S/C19H26F2N2O2/c1-11-17(20)15(13-2-6-23-7-3-13)14(16(18(11)21)19(22)24)10-12-4-8-25-9-5-12/h12-13,23H,2-10H2,1H3,(H2,22,24). The van der Waals surface area contributed by atoms with Crippen LogP contribution in [-0.2, 0) is 11.2 Å². The third-order valence-electron chi connectivity index (χ3n) is 5.57. The van der Waals surface area contributed by atoms with E-state index in [4.69, 9.17) is 10.5 Å². The number of halogens is 2. The zero-order valence-corrected chi connectivity index (χ0v) is 14.7. The van der Waals surface area contributed by atoms with Crippen LogP contribution in [-0.4, -0.2) is 32.2 Å². The zero-order valence-electron chi connectivity index (χ0n) is 14.7. The molecule has 0 spiro atoms. The van der Waals surface area contributed by atoms with E-state index in [0.29, 0.717) is 30.8 Å². The van der Waals surface area contributed by atoms with Crippen LogP contribution in [0.2, 0.25) is 0 Å². The van der Waals surface area contributed by atoms with Gasteiger partial charge in [-0.3, -0.25) is 4.79 Å². The summed E-state index contributed by atoms with van der Waals surface area (Å²) >= 11 is 0. The number of carbonyl (C=O) groups is 1. The van der Waals surface area contributed by atoms with Crippen LogP contribution in [0.3, 0.4) is 0 Å². The van der Waals surface area contributed by atoms with Crippen molar-refractivity contribution in [3.05, 3.63) is 33.9 Å². The molecule has 6 heteroatoms. The Balaban J connectivity index is 2.10. The molecule has 25 heavy (non-hydrogen) atoms. The summed E-state index contributed by atoms with van der Waals surface area (Å²) in [6, 6.07) is 0. The smallest absolute Gasteiger partial charge is 0.251 e. The van der Waals surface area contributed by atoms with Crippen molar-refractivity contribution in [2.45, 2.75) is 44.9 Å². The van der Waals surface area contributed by atoms with Gasteiger partial charge < -0.3 is 15.8 Å². The second-order valence-electron chi connectivity index (χ2n) is 7.17. The topological polar surface area (TPSA) is 64.4 Å². The first-order valence-corrected chi connectivity index (χ1v) is 9.09. The molecule has 2 aliphatic heterocycles. The number of hydrogen-bond donors (Lipinski definition) is 2. The third kappa shape index (κ3) is 3.70. The Bertz CT molecular complexity index is 652. The fraction of sp³-hybridized carbons (Fsp3) is 0.632. The summed E-state index contributed by atoms with van der Waals surface area (Å²) in [5.74, 6) is -1.86. The summed E-state index contributed by atoms with van der Waals surface area (Å²) < 4.78 is 35.1. The van der Waals surface area contributed by atoms with Gasteiger partial charge in [-0.15, -0.1) is 0 Å². The second kappa shape index (κ2) is 7.79. The van der Waals surface area contributed by atoms with Gasteiger partial charge in [-0.05, 0) is 75.1 Å². The third-order valence-corrected chi connectivity index (χ3v) is 5.57. The van der Waals surface area contributed by atoms with E-state index in [2.05, 4.69) is 5.32 Å². The van der Waals surface area contributed by atoms with Crippen LogP contribution >= 0.6 is 0 Å². The van der Waals surface area contributed by atoms with Gasteiger partial charge in [0.25, 0.3) is 5.91 Å². The lowest BCUT2D eigenvalue weighted by molar-refractivity contribution is 0.0663. The van der Waals surface area contributed by atoms with Crippen molar-refractivity contribution in [3.8, 4) is 0 Å². The van der Waals surface area contributed by atoms with E-state index in [1.165, 1.54) is 6.92 Å². The van der Waals surface area contributed by atoms with Gasteiger partial charge in [-0.2, -0.15) is 0 Å². The molecule has 3 rings (SSSR count). The predicted octanol–water partition coefficient (Wildman–Crippen LogP) is 2.81. The van der Waals surface area contributed by atoms with Crippen LogP contribution in [0.15, 0.2) is 0 Å². The average molecular weight is 352 g/mol.